The Bertz CT molecular complexity index is 206. The van der Waals surface area contributed by atoms with Gasteiger partial charge in [0.1, 0.15) is 0 Å². The molecule has 3 heteroatoms. The molecule has 3 unspecified atom stereocenters. The third kappa shape index (κ3) is 6.67. The van der Waals surface area contributed by atoms with Gasteiger partial charge in [0.2, 0.25) is 0 Å². The normalized spacial score (nSPS) is 16.3. The van der Waals surface area contributed by atoms with E-state index in [0.717, 1.165) is 0 Å². The van der Waals surface area contributed by atoms with Crippen LogP contribution in [0.5, 0.6) is 0 Å². The summed E-state index contributed by atoms with van der Waals surface area (Å²) >= 11 is 0. The quantitative estimate of drug-likeness (QED) is 0.632. The zero-order valence-corrected chi connectivity index (χ0v) is 12.1. The van der Waals surface area contributed by atoms with Crippen LogP contribution in [0.2, 0.25) is 0 Å². The van der Waals surface area contributed by atoms with Crippen molar-refractivity contribution in [1.29, 1.82) is 0 Å². The molecule has 0 aromatic carbocycles. The highest BCUT2D eigenvalue weighted by Crippen LogP contribution is 2.11. The summed E-state index contributed by atoms with van der Waals surface area (Å²) in [6.07, 6.45) is 6.03. The van der Waals surface area contributed by atoms with E-state index in [4.69, 9.17) is 4.74 Å². The molecular weight excluding hydrogens is 214 g/mol. The molecule has 0 aromatic rings. The number of unbranched alkanes of at least 4 members (excludes halogenated alkanes) is 1. The van der Waals surface area contributed by atoms with E-state index in [1.807, 2.05) is 6.92 Å². The number of esters is 1. The largest absolute Gasteiger partial charge is 0.469 e. The van der Waals surface area contributed by atoms with Crippen LogP contribution in [0.15, 0.2) is 0 Å². The van der Waals surface area contributed by atoms with Gasteiger partial charge in [0.25, 0.3) is 0 Å². The molecule has 0 fully saturated rings. The fraction of sp³-hybridized carbons (Fsp3) is 0.929. The second-order valence-corrected chi connectivity index (χ2v) is 4.90. The van der Waals surface area contributed by atoms with Crippen LogP contribution >= 0.6 is 0 Å². The fourth-order valence-corrected chi connectivity index (χ4v) is 2.02. The molecule has 0 aliphatic carbocycles. The summed E-state index contributed by atoms with van der Waals surface area (Å²) in [6, 6.07) is 0.706. The van der Waals surface area contributed by atoms with Crippen molar-refractivity contribution in [3.63, 3.8) is 0 Å². The molecule has 0 aliphatic rings. The second kappa shape index (κ2) is 9.46. The Morgan fingerprint density at radius 3 is 2.29 bits per heavy atom. The van der Waals surface area contributed by atoms with Crippen LogP contribution in [-0.4, -0.2) is 25.2 Å². The Morgan fingerprint density at radius 2 is 1.82 bits per heavy atom. The van der Waals surface area contributed by atoms with Crippen molar-refractivity contribution in [3.05, 3.63) is 0 Å². The number of hydrogen-bond donors (Lipinski definition) is 1. The first-order chi connectivity index (χ1) is 8.06. The summed E-state index contributed by atoms with van der Waals surface area (Å²) in [7, 11) is 1.45. The van der Waals surface area contributed by atoms with Gasteiger partial charge in [-0.2, -0.15) is 0 Å². The van der Waals surface area contributed by atoms with E-state index < -0.39 is 0 Å². The van der Waals surface area contributed by atoms with Crippen molar-refractivity contribution < 1.29 is 9.53 Å². The van der Waals surface area contributed by atoms with Crippen molar-refractivity contribution >= 4 is 5.97 Å². The summed E-state index contributed by atoms with van der Waals surface area (Å²) < 4.78 is 4.78. The SMILES string of the molecule is CCCCC(CCC)NC(C)C(C)C(=O)OC. The second-order valence-electron chi connectivity index (χ2n) is 4.90. The van der Waals surface area contributed by atoms with Gasteiger partial charge < -0.3 is 10.1 Å². The van der Waals surface area contributed by atoms with Crippen LogP contribution in [0.25, 0.3) is 0 Å². The molecule has 0 saturated carbocycles. The first-order valence-electron chi connectivity index (χ1n) is 6.90. The van der Waals surface area contributed by atoms with E-state index in [1.54, 1.807) is 0 Å². The van der Waals surface area contributed by atoms with Crippen LogP contribution in [0, 0.1) is 5.92 Å². The van der Waals surface area contributed by atoms with Gasteiger partial charge in [0, 0.05) is 12.1 Å². The zero-order valence-electron chi connectivity index (χ0n) is 12.1. The molecule has 0 bridgehead atoms. The Labute approximate surface area is 106 Å². The maximum atomic E-state index is 11.4. The molecule has 0 aliphatic heterocycles. The lowest BCUT2D eigenvalue weighted by Crippen LogP contribution is -2.42. The minimum absolute atomic E-state index is 0.0824. The Balaban J connectivity index is 4.17. The van der Waals surface area contributed by atoms with Gasteiger partial charge in [-0.05, 0) is 19.8 Å². The van der Waals surface area contributed by atoms with Crippen LogP contribution < -0.4 is 5.32 Å². The molecule has 3 nitrogen and oxygen atoms in total. The lowest BCUT2D eigenvalue weighted by Gasteiger charge is -2.26. The Hall–Kier alpha value is -0.570. The van der Waals surface area contributed by atoms with Gasteiger partial charge in [-0.15, -0.1) is 0 Å². The number of nitrogens with one attached hydrogen (secondary N) is 1. The molecule has 1 N–H and O–H groups in total. The summed E-state index contributed by atoms with van der Waals surface area (Å²) in [5, 5.41) is 3.57. The highest BCUT2D eigenvalue weighted by Gasteiger charge is 2.22. The molecule has 0 heterocycles. The predicted octanol–water partition coefficient (Wildman–Crippen LogP) is 3.13. The third-order valence-electron chi connectivity index (χ3n) is 3.36. The van der Waals surface area contributed by atoms with Gasteiger partial charge in [-0.3, -0.25) is 4.79 Å². The Kier molecular flexibility index (Phi) is 9.14. The fourth-order valence-electron chi connectivity index (χ4n) is 2.02. The molecule has 0 saturated heterocycles. The van der Waals surface area contributed by atoms with Gasteiger partial charge in [-0.25, -0.2) is 0 Å². The summed E-state index contributed by atoms with van der Waals surface area (Å²) in [5.41, 5.74) is 0. The average molecular weight is 243 g/mol. The number of ether oxygens (including phenoxy) is 1. The smallest absolute Gasteiger partial charge is 0.309 e. The highest BCUT2D eigenvalue weighted by molar-refractivity contribution is 5.72. The van der Waals surface area contributed by atoms with Crippen LogP contribution in [0.1, 0.15) is 59.8 Å². The highest BCUT2D eigenvalue weighted by atomic mass is 16.5. The lowest BCUT2D eigenvalue weighted by molar-refractivity contribution is -0.145. The topological polar surface area (TPSA) is 38.3 Å². The minimum atomic E-state index is -0.129. The van der Waals surface area contributed by atoms with Gasteiger partial charge in [-0.1, -0.05) is 40.0 Å². The number of carbonyl (C=O) groups excluding carboxylic acids is 1. The monoisotopic (exact) mass is 243 g/mol. The van der Waals surface area contributed by atoms with Crippen molar-refractivity contribution in [3.8, 4) is 0 Å². The lowest BCUT2D eigenvalue weighted by atomic mass is 9.99. The van der Waals surface area contributed by atoms with Crippen LogP contribution in [-0.2, 0) is 9.53 Å². The van der Waals surface area contributed by atoms with E-state index >= 15 is 0 Å². The molecule has 0 aromatic heterocycles. The first-order valence-corrected chi connectivity index (χ1v) is 6.90. The summed E-state index contributed by atoms with van der Waals surface area (Å²) in [4.78, 5) is 11.4. The number of carbonyl (C=O) groups is 1. The number of hydrogen-bond acceptors (Lipinski definition) is 3. The summed E-state index contributed by atoms with van der Waals surface area (Å²) in [5.74, 6) is -0.211. The molecule has 0 rings (SSSR count). The van der Waals surface area contributed by atoms with E-state index in [0.29, 0.717) is 6.04 Å². The predicted molar refractivity (Wildman–Crippen MR) is 72.0 cm³/mol. The maximum absolute atomic E-state index is 11.4. The number of methoxy groups -OCH3 is 1. The molecule has 17 heavy (non-hydrogen) atoms. The number of rotatable bonds is 9. The molecule has 102 valence electrons. The van der Waals surface area contributed by atoms with Crippen molar-refractivity contribution in [2.45, 2.75) is 71.9 Å². The molecule has 0 radical (unpaired) electrons. The van der Waals surface area contributed by atoms with Crippen LogP contribution in [0.4, 0.5) is 0 Å². The van der Waals surface area contributed by atoms with Crippen molar-refractivity contribution in [2.24, 2.45) is 5.92 Å². The van der Waals surface area contributed by atoms with Crippen LogP contribution in [0.3, 0.4) is 0 Å². The van der Waals surface area contributed by atoms with Crippen molar-refractivity contribution in [2.75, 3.05) is 7.11 Å². The Morgan fingerprint density at radius 1 is 1.18 bits per heavy atom. The van der Waals surface area contributed by atoms with E-state index in [-0.39, 0.29) is 17.9 Å². The molecular formula is C14H29NO2. The van der Waals surface area contributed by atoms with E-state index in [2.05, 4.69) is 26.1 Å². The standard InChI is InChI=1S/C14H29NO2/c1-6-8-10-13(9-7-2)15-12(4)11(3)14(16)17-5/h11-13,15H,6-10H2,1-5H3. The first kappa shape index (κ1) is 16.4. The van der Waals surface area contributed by atoms with Crippen molar-refractivity contribution in [1.82, 2.24) is 5.32 Å². The zero-order chi connectivity index (χ0) is 13.3. The van der Waals surface area contributed by atoms with E-state index in [9.17, 15) is 4.79 Å². The molecule has 3 atom stereocenters. The minimum Gasteiger partial charge on any atom is -0.469 e. The summed E-state index contributed by atoms with van der Waals surface area (Å²) in [6.45, 7) is 8.40. The van der Waals surface area contributed by atoms with Gasteiger partial charge in [0.15, 0.2) is 0 Å². The molecule has 0 spiro atoms. The molecule has 0 amide bonds. The maximum Gasteiger partial charge on any atom is 0.309 e. The van der Waals surface area contributed by atoms with Gasteiger partial charge >= 0.3 is 5.97 Å². The average Bonchev–Trinajstić information content (AvgIpc) is 2.34. The van der Waals surface area contributed by atoms with E-state index in [1.165, 1.54) is 39.2 Å². The van der Waals surface area contributed by atoms with Gasteiger partial charge in [0.05, 0.1) is 13.0 Å². The third-order valence-corrected chi connectivity index (χ3v) is 3.36.